The third-order valence-corrected chi connectivity index (χ3v) is 7.26. The Morgan fingerprint density at radius 3 is 2.54 bits per heavy atom. The molecule has 9 nitrogen and oxygen atoms in total. The summed E-state index contributed by atoms with van der Waals surface area (Å²) in [6.07, 6.45) is 2.30. The van der Waals surface area contributed by atoms with Crippen LogP contribution in [0.2, 0.25) is 0 Å². The van der Waals surface area contributed by atoms with Crippen LogP contribution in [0.25, 0.3) is 0 Å². The van der Waals surface area contributed by atoms with Crippen molar-refractivity contribution >= 4 is 17.6 Å². The first kappa shape index (κ1) is 29.0. The van der Waals surface area contributed by atoms with Crippen LogP contribution < -0.4 is 10.6 Å². The molecule has 0 aliphatic carbocycles. The maximum absolute atomic E-state index is 14.2. The van der Waals surface area contributed by atoms with E-state index in [2.05, 4.69) is 50.2 Å². The van der Waals surface area contributed by atoms with Gasteiger partial charge in [0.25, 0.3) is 5.91 Å². The van der Waals surface area contributed by atoms with Gasteiger partial charge >= 0.3 is 0 Å². The third kappa shape index (κ3) is 7.54. The Balaban J connectivity index is 1.59. The fraction of sp³-hybridized carbons (Fsp3) is 0.600. The summed E-state index contributed by atoms with van der Waals surface area (Å²) >= 11 is 0. The molecule has 1 aromatic heterocycles. The van der Waals surface area contributed by atoms with Crippen molar-refractivity contribution in [3.05, 3.63) is 53.5 Å². The Morgan fingerprint density at radius 1 is 1.15 bits per heavy atom. The molecule has 0 saturated carbocycles. The van der Waals surface area contributed by atoms with E-state index in [-0.39, 0.29) is 35.1 Å². The summed E-state index contributed by atoms with van der Waals surface area (Å²) in [5.41, 5.74) is 1.30. The average molecular weight is 537 g/mol. The normalized spacial score (nSPS) is 20.1. The molecule has 0 bridgehead atoms. The van der Waals surface area contributed by atoms with E-state index >= 15 is 0 Å². The maximum atomic E-state index is 14.2. The molecule has 2 aliphatic heterocycles. The van der Waals surface area contributed by atoms with Crippen molar-refractivity contribution in [3.63, 3.8) is 0 Å². The minimum Gasteiger partial charge on any atom is -0.378 e. The van der Waals surface area contributed by atoms with Crippen LogP contribution >= 0.6 is 0 Å². The molecule has 212 valence electrons. The minimum absolute atomic E-state index is 0.104. The summed E-state index contributed by atoms with van der Waals surface area (Å²) in [6, 6.07) is 9.97. The number of benzene rings is 1. The van der Waals surface area contributed by atoms with Crippen LogP contribution in [-0.2, 0) is 21.5 Å². The van der Waals surface area contributed by atoms with E-state index in [0.29, 0.717) is 76.1 Å². The van der Waals surface area contributed by atoms with Crippen molar-refractivity contribution in [1.82, 2.24) is 25.1 Å². The summed E-state index contributed by atoms with van der Waals surface area (Å²) < 4.78 is 5.43. The number of ether oxygens (including phenoxy) is 1. The Kier molecular flexibility index (Phi) is 9.56. The monoisotopic (exact) mass is 536 g/mol. The Hall–Kier alpha value is -3.04. The number of carbonyl (C=O) groups excluding carboxylic acids is 2. The summed E-state index contributed by atoms with van der Waals surface area (Å²) in [6.45, 7) is 15.2. The number of hydrogen-bond donors (Lipinski definition) is 2. The van der Waals surface area contributed by atoms with Gasteiger partial charge in [0.1, 0.15) is 17.2 Å². The average Bonchev–Trinajstić information content (AvgIpc) is 2.94. The lowest BCUT2D eigenvalue weighted by atomic mass is 9.92. The number of aromatic nitrogens is 2. The highest BCUT2D eigenvalue weighted by atomic mass is 16.5. The van der Waals surface area contributed by atoms with E-state index in [1.54, 1.807) is 6.20 Å². The molecule has 9 heteroatoms. The van der Waals surface area contributed by atoms with Crippen LogP contribution in [0.3, 0.4) is 0 Å². The molecule has 0 radical (unpaired) electrons. The number of nitrogens with one attached hydrogen (secondary N) is 2. The van der Waals surface area contributed by atoms with Crippen LogP contribution in [0, 0.1) is 11.8 Å². The topological polar surface area (TPSA) is 99.7 Å². The van der Waals surface area contributed by atoms with Gasteiger partial charge in [-0.3, -0.25) is 9.59 Å². The van der Waals surface area contributed by atoms with Gasteiger partial charge in [0, 0.05) is 56.9 Å². The highest BCUT2D eigenvalue weighted by molar-refractivity contribution is 5.98. The molecule has 0 spiro atoms. The van der Waals surface area contributed by atoms with E-state index < -0.39 is 0 Å². The molecule has 2 aromatic rings. The SMILES string of the molecule is CC(C)CN(C(=O)c1cnc(C(C)(C)C)nc1NCc1ccccc1)[C@@H]1CNCC(C(=O)N2CCOCC2)C1. The molecule has 2 atom stereocenters. The van der Waals surface area contributed by atoms with Crippen LogP contribution in [0.15, 0.2) is 36.5 Å². The second-order valence-electron chi connectivity index (χ2n) is 12.1. The molecule has 3 heterocycles. The van der Waals surface area contributed by atoms with Crippen molar-refractivity contribution in [2.24, 2.45) is 11.8 Å². The highest BCUT2D eigenvalue weighted by Crippen LogP contribution is 2.26. The number of nitrogens with zero attached hydrogens (tertiary/aromatic N) is 4. The van der Waals surface area contributed by atoms with Gasteiger partial charge in [-0.1, -0.05) is 65.0 Å². The second-order valence-corrected chi connectivity index (χ2v) is 12.1. The standard InChI is InChI=1S/C30H44N6O3/c1-21(2)20-36(24-15-23(17-31-18-24)27(37)35-11-13-39-14-12-35)28(38)25-19-33-29(30(3,4)5)34-26(25)32-16-22-9-7-6-8-10-22/h6-10,19,21,23-24,31H,11-18,20H2,1-5H3,(H,32,33,34)/t23?,24-/m0/s1. The zero-order valence-electron chi connectivity index (χ0n) is 24.1. The van der Waals surface area contributed by atoms with E-state index in [9.17, 15) is 9.59 Å². The second kappa shape index (κ2) is 12.9. The zero-order chi connectivity index (χ0) is 28.0. The lowest BCUT2D eigenvalue weighted by Gasteiger charge is -2.40. The fourth-order valence-electron chi connectivity index (χ4n) is 5.15. The molecular formula is C30H44N6O3. The van der Waals surface area contributed by atoms with Crippen molar-refractivity contribution in [2.75, 3.05) is 51.3 Å². The van der Waals surface area contributed by atoms with Crippen molar-refractivity contribution < 1.29 is 14.3 Å². The quantitative estimate of drug-likeness (QED) is 0.534. The molecule has 2 fully saturated rings. The number of piperidine rings is 1. The summed E-state index contributed by atoms with van der Waals surface area (Å²) in [4.78, 5) is 40.8. The molecule has 2 saturated heterocycles. The van der Waals surface area contributed by atoms with E-state index in [1.807, 2.05) is 40.1 Å². The first-order valence-corrected chi connectivity index (χ1v) is 14.2. The summed E-state index contributed by atoms with van der Waals surface area (Å²) in [5, 5.41) is 6.85. The molecular weight excluding hydrogens is 492 g/mol. The summed E-state index contributed by atoms with van der Waals surface area (Å²) in [7, 11) is 0. The van der Waals surface area contributed by atoms with Crippen LogP contribution in [-0.4, -0.2) is 83.6 Å². The Labute approximate surface area is 232 Å². The Morgan fingerprint density at radius 2 is 1.87 bits per heavy atom. The van der Waals surface area contributed by atoms with Gasteiger partial charge in [-0.05, 0) is 17.9 Å². The molecule has 4 rings (SSSR count). The molecule has 1 aromatic carbocycles. The van der Waals surface area contributed by atoms with E-state index in [4.69, 9.17) is 9.72 Å². The molecule has 1 unspecified atom stereocenters. The number of morpholine rings is 1. The number of anilines is 1. The number of hydrogen-bond acceptors (Lipinski definition) is 7. The van der Waals surface area contributed by atoms with Gasteiger partial charge in [-0.2, -0.15) is 0 Å². The smallest absolute Gasteiger partial charge is 0.259 e. The van der Waals surface area contributed by atoms with E-state index in [1.165, 1.54) is 0 Å². The predicted molar refractivity (Wildman–Crippen MR) is 153 cm³/mol. The van der Waals surface area contributed by atoms with Gasteiger partial charge in [0.05, 0.1) is 19.1 Å². The Bertz CT molecular complexity index is 1110. The molecule has 2 N–H and O–H groups in total. The lowest BCUT2D eigenvalue weighted by Crippen LogP contribution is -2.56. The minimum atomic E-state index is -0.261. The predicted octanol–water partition coefficient (Wildman–Crippen LogP) is 3.32. The first-order chi connectivity index (χ1) is 18.6. The molecule has 39 heavy (non-hydrogen) atoms. The van der Waals surface area contributed by atoms with Crippen LogP contribution in [0.1, 0.15) is 62.8 Å². The van der Waals surface area contributed by atoms with Gasteiger partial charge in [0.2, 0.25) is 5.91 Å². The highest BCUT2D eigenvalue weighted by Gasteiger charge is 2.36. The lowest BCUT2D eigenvalue weighted by molar-refractivity contribution is -0.140. The van der Waals surface area contributed by atoms with Gasteiger partial charge in [-0.15, -0.1) is 0 Å². The first-order valence-electron chi connectivity index (χ1n) is 14.2. The van der Waals surface area contributed by atoms with E-state index in [0.717, 1.165) is 5.56 Å². The fourth-order valence-corrected chi connectivity index (χ4v) is 5.15. The van der Waals surface area contributed by atoms with Crippen molar-refractivity contribution in [1.29, 1.82) is 0 Å². The third-order valence-electron chi connectivity index (χ3n) is 7.26. The maximum Gasteiger partial charge on any atom is 0.259 e. The zero-order valence-corrected chi connectivity index (χ0v) is 24.1. The molecule has 2 amide bonds. The van der Waals surface area contributed by atoms with Crippen molar-refractivity contribution in [2.45, 2.75) is 59.0 Å². The van der Waals surface area contributed by atoms with Crippen LogP contribution in [0.5, 0.6) is 0 Å². The number of carbonyl (C=O) groups is 2. The van der Waals surface area contributed by atoms with Gasteiger partial charge in [-0.25, -0.2) is 9.97 Å². The molecule has 2 aliphatic rings. The van der Waals surface area contributed by atoms with Crippen molar-refractivity contribution in [3.8, 4) is 0 Å². The summed E-state index contributed by atoms with van der Waals surface area (Å²) in [5.74, 6) is 1.36. The van der Waals surface area contributed by atoms with Gasteiger partial charge < -0.3 is 25.2 Å². The number of amides is 2. The number of rotatable bonds is 8. The van der Waals surface area contributed by atoms with Gasteiger partial charge in [0.15, 0.2) is 0 Å². The largest absolute Gasteiger partial charge is 0.378 e. The van der Waals surface area contributed by atoms with Crippen LogP contribution in [0.4, 0.5) is 5.82 Å².